The van der Waals surface area contributed by atoms with Crippen molar-refractivity contribution in [1.82, 2.24) is 0 Å². The van der Waals surface area contributed by atoms with Crippen LogP contribution in [0.5, 0.6) is 0 Å². The second-order valence-corrected chi connectivity index (χ2v) is 6.18. The molecule has 1 aromatic carbocycles. The van der Waals surface area contributed by atoms with Crippen molar-refractivity contribution in [3.05, 3.63) is 28.2 Å². The van der Waals surface area contributed by atoms with Gasteiger partial charge in [-0.1, -0.05) is 6.07 Å². The maximum absolute atomic E-state index is 11.6. The van der Waals surface area contributed by atoms with Crippen LogP contribution in [0.25, 0.3) is 0 Å². The second kappa shape index (κ2) is 5.65. The first-order valence-corrected chi connectivity index (χ1v) is 7.26. The molecule has 0 atom stereocenters. The van der Waals surface area contributed by atoms with Gasteiger partial charge in [-0.05, 0) is 47.0 Å². The molecule has 6 heteroatoms. The zero-order valence-corrected chi connectivity index (χ0v) is 11.3. The number of hydrogen-bond acceptors (Lipinski definition) is 3. The lowest BCUT2D eigenvalue weighted by Crippen LogP contribution is -2.17. The van der Waals surface area contributed by atoms with Crippen molar-refractivity contribution in [2.24, 2.45) is 0 Å². The van der Waals surface area contributed by atoms with E-state index in [9.17, 15) is 8.42 Å². The van der Waals surface area contributed by atoms with Gasteiger partial charge in [-0.3, -0.25) is 4.72 Å². The van der Waals surface area contributed by atoms with Crippen LogP contribution in [0.4, 0.5) is 5.69 Å². The van der Waals surface area contributed by atoms with Gasteiger partial charge in [0, 0.05) is 11.1 Å². The lowest BCUT2D eigenvalue weighted by atomic mass is 10.2. The van der Waals surface area contributed by atoms with E-state index in [0.29, 0.717) is 10.2 Å². The van der Waals surface area contributed by atoms with E-state index in [1.54, 1.807) is 6.07 Å². The highest BCUT2D eigenvalue weighted by Gasteiger charge is 2.11. The Balaban J connectivity index is 2.80. The van der Waals surface area contributed by atoms with E-state index in [4.69, 9.17) is 5.11 Å². The highest BCUT2D eigenvalue weighted by molar-refractivity contribution is 9.10. The molecule has 0 amide bonds. The summed E-state index contributed by atoms with van der Waals surface area (Å²) in [5, 5.41) is 8.59. The van der Waals surface area contributed by atoms with Crippen molar-refractivity contribution in [3.8, 4) is 0 Å². The van der Waals surface area contributed by atoms with Crippen LogP contribution in [0.1, 0.15) is 12.0 Å². The summed E-state index contributed by atoms with van der Waals surface area (Å²) in [5.41, 5.74) is 1.56. The Hall–Kier alpha value is -0.590. The van der Waals surface area contributed by atoms with Gasteiger partial charge < -0.3 is 5.11 Å². The van der Waals surface area contributed by atoms with E-state index < -0.39 is 10.0 Å². The molecule has 2 N–H and O–H groups in total. The third-order valence-electron chi connectivity index (χ3n) is 1.96. The molecule has 16 heavy (non-hydrogen) atoms. The number of rotatable bonds is 5. The van der Waals surface area contributed by atoms with E-state index >= 15 is 0 Å². The molecule has 0 aliphatic heterocycles. The third kappa shape index (κ3) is 4.11. The van der Waals surface area contributed by atoms with Crippen LogP contribution >= 0.6 is 15.9 Å². The molecular weight excluding hydrogens is 294 g/mol. The molecule has 0 unspecified atom stereocenters. The Kier molecular flexibility index (Phi) is 4.76. The molecule has 0 bridgehead atoms. The normalized spacial score (nSPS) is 11.4. The summed E-state index contributed by atoms with van der Waals surface area (Å²) in [6, 6.07) is 5.37. The van der Waals surface area contributed by atoms with Crippen LogP contribution < -0.4 is 4.72 Å². The first-order chi connectivity index (χ1) is 7.44. The highest BCUT2D eigenvalue weighted by atomic mass is 79.9. The number of aliphatic hydroxyl groups excluding tert-OH is 1. The van der Waals surface area contributed by atoms with Gasteiger partial charge in [0.2, 0.25) is 10.0 Å². The largest absolute Gasteiger partial charge is 0.396 e. The predicted octanol–water partition coefficient (Wildman–Crippen LogP) is 1.88. The minimum absolute atomic E-state index is 0.0795. The fourth-order valence-electron chi connectivity index (χ4n) is 1.18. The first-order valence-electron chi connectivity index (χ1n) is 4.82. The first kappa shape index (κ1) is 13.5. The summed E-state index contributed by atoms with van der Waals surface area (Å²) in [5.74, 6) is -0.0795. The maximum Gasteiger partial charge on any atom is 0.232 e. The fourth-order valence-corrected chi connectivity index (χ4v) is 3.02. The Morgan fingerprint density at radius 1 is 1.44 bits per heavy atom. The van der Waals surface area contributed by atoms with E-state index in [1.807, 2.05) is 19.1 Å². The molecule has 0 spiro atoms. The Morgan fingerprint density at radius 3 is 2.69 bits per heavy atom. The molecule has 90 valence electrons. The molecule has 0 fully saturated rings. The SMILES string of the molecule is Cc1ccc(NS(=O)(=O)CCCO)c(Br)c1. The number of hydrogen-bond donors (Lipinski definition) is 2. The lowest BCUT2D eigenvalue weighted by molar-refractivity contribution is 0.295. The van der Waals surface area contributed by atoms with E-state index in [2.05, 4.69) is 20.7 Å². The smallest absolute Gasteiger partial charge is 0.232 e. The number of aliphatic hydroxyl groups is 1. The Labute approximate surface area is 104 Å². The average Bonchev–Trinajstić information content (AvgIpc) is 2.19. The minimum atomic E-state index is -3.37. The fraction of sp³-hybridized carbons (Fsp3) is 0.400. The predicted molar refractivity (Wildman–Crippen MR) is 68.0 cm³/mol. The number of aryl methyl sites for hydroxylation is 1. The third-order valence-corrected chi connectivity index (χ3v) is 3.97. The van der Waals surface area contributed by atoms with Crippen LogP contribution in [0.3, 0.4) is 0 Å². The number of benzene rings is 1. The van der Waals surface area contributed by atoms with Gasteiger partial charge in [0.25, 0.3) is 0 Å². The molecule has 0 aromatic heterocycles. The summed E-state index contributed by atoms with van der Waals surface area (Å²) in [4.78, 5) is 0. The highest BCUT2D eigenvalue weighted by Crippen LogP contribution is 2.24. The Morgan fingerprint density at radius 2 is 2.12 bits per heavy atom. The van der Waals surface area contributed by atoms with Crippen molar-refractivity contribution in [2.45, 2.75) is 13.3 Å². The monoisotopic (exact) mass is 307 g/mol. The summed E-state index contributed by atoms with van der Waals surface area (Å²) in [6.45, 7) is 1.80. The van der Waals surface area contributed by atoms with Crippen LogP contribution in [0.15, 0.2) is 22.7 Å². The van der Waals surface area contributed by atoms with Gasteiger partial charge in [-0.2, -0.15) is 0 Å². The van der Waals surface area contributed by atoms with Gasteiger partial charge in [-0.15, -0.1) is 0 Å². The van der Waals surface area contributed by atoms with Crippen molar-refractivity contribution in [1.29, 1.82) is 0 Å². The molecule has 0 saturated carbocycles. The quantitative estimate of drug-likeness (QED) is 0.873. The molecule has 0 aliphatic rings. The van der Waals surface area contributed by atoms with E-state index in [-0.39, 0.29) is 18.8 Å². The van der Waals surface area contributed by atoms with Crippen LogP contribution in [0, 0.1) is 6.92 Å². The molecule has 1 aromatic rings. The zero-order chi connectivity index (χ0) is 12.2. The molecule has 1 rings (SSSR count). The molecule has 4 nitrogen and oxygen atoms in total. The van der Waals surface area contributed by atoms with Crippen molar-refractivity contribution in [3.63, 3.8) is 0 Å². The van der Waals surface area contributed by atoms with Gasteiger partial charge in [0.1, 0.15) is 0 Å². The summed E-state index contributed by atoms with van der Waals surface area (Å²) < 4.78 is 26.3. The number of sulfonamides is 1. The maximum atomic E-state index is 11.6. The zero-order valence-electron chi connectivity index (χ0n) is 8.90. The topological polar surface area (TPSA) is 66.4 Å². The summed E-state index contributed by atoms with van der Waals surface area (Å²) in [7, 11) is -3.37. The number of nitrogens with one attached hydrogen (secondary N) is 1. The number of halogens is 1. The van der Waals surface area contributed by atoms with Crippen molar-refractivity contribution >= 4 is 31.6 Å². The van der Waals surface area contributed by atoms with Crippen molar-refractivity contribution < 1.29 is 13.5 Å². The van der Waals surface area contributed by atoms with Gasteiger partial charge in [0.15, 0.2) is 0 Å². The minimum Gasteiger partial charge on any atom is -0.396 e. The molecule has 0 aliphatic carbocycles. The van der Waals surface area contributed by atoms with Gasteiger partial charge in [-0.25, -0.2) is 8.42 Å². The van der Waals surface area contributed by atoms with E-state index in [0.717, 1.165) is 5.56 Å². The molecule has 0 heterocycles. The Bertz CT molecular complexity index is 459. The van der Waals surface area contributed by atoms with Crippen molar-refractivity contribution in [2.75, 3.05) is 17.1 Å². The van der Waals surface area contributed by atoms with Crippen LogP contribution in [0.2, 0.25) is 0 Å². The molecule has 0 radical (unpaired) electrons. The van der Waals surface area contributed by atoms with Gasteiger partial charge >= 0.3 is 0 Å². The standard InChI is InChI=1S/C10H14BrNO3S/c1-8-3-4-10(9(11)7-8)12-16(14,15)6-2-5-13/h3-4,7,12-13H,2,5-6H2,1H3. The summed E-state index contributed by atoms with van der Waals surface area (Å²) in [6.07, 6.45) is 0.235. The second-order valence-electron chi connectivity index (χ2n) is 3.48. The van der Waals surface area contributed by atoms with Crippen LogP contribution in [-0.2, 0) is 10.0 Å². The average molecular weight is 308 g/mol. The molecular formula is C10H14BrNO3S. The van der Waals surface area contributed by atoms with E-state index in [1.165, 1.54) is 0 Å². The molecule has 0 saturated heterocycles. The summed E-state index contributed by atoms with van der Waals surface area (Å²) >= 11 is 3.29. The van der Waals surface area contributed by atoms with Crippen LogP contribution in [-0.4, -0.2) is 25.9 Å². The number of anilines is 1. The van der Waals surface area contributed by atoms with Gasteiger partial charge in [0.05, 0.1) is 11.4 Å². The lowest BCUT2D eigenvalue weighted by Gasteiger charge is -2.09.